The Hall–Kier alpha value is -2.40. The summed E-state index contributed by atoms with van der Waals surface area (Å²) < 4.78 is 5.49. The van der Waals surface area contributed by atoms with Gasteiger partial charge >= 0.3 is 0 Å². The summed E-state index contributed by atoms with van der Waals surface area (Å²) in [4.78, 5) is 11.0. The number of aryl methyl sites for hydroxylation is 1. The Kier molecular flexibility index (Phi) is 3.94. The Balaban J connectivity index is 1.51. The molecule has 1 unspecified atom stereocenters. The van der Waals surface area contributed by atoms with Crippen molar-refractivity contribution in [2.24, 2.45) is 0 Å². The number of halogens is 1. The van der Waals surface area contributed by atoms with E-state index < -0.39 is 0 Å². The van der Waals surface area contributed by atoms with Crippen LogP contribution in [0.25, 0.3) is 11.4 Å². The van der Waals surface area contributed by atoms with Crippen molar-refractivity contribution in [3.63, 3.8) is 0 Å². The number of hydrogen-bond donors (Lipinski definition) is 0. The van der Waals surface area contributed by atoms with Gasteiger partial charge in [-0.3, -0.25) is 4.98 Å². The summed E-state index contributed by atoms with van der Waals surface area (Å²) in [6.45, 7) is 3.82. The Bertz CT molecular complexity index is 849. The molecule has 3 heterocycles. The van der Waals surface area contributed by atoms with Crippen LogP contribution in [0.2, 0.25) is 5.02 Å². The molecule has 1 aliphatic heterocycles. The molecule has 2 aromatic heterocycles. The first-order valence-electron chi connectivity index (χ1n) is 7.96. The van der Waals surface area contributed by atoms with Gasteiger partial charge in [-0.15, -0.1) is 0 Å². The quantitative estimate of drug-likeness (QED) is 0.718. The van der Waals surface area contributed by atoms with Gasteiger partial charge in [0.05, 0.1) is 5.92 Å². The van der Waals surface area contributed by atoms with Crippen molar-refractivity contribution in [3.8, 4) is 11.4 Å². The molecular weight excluding hydrogens is 324 g/mol. The zero-order valence-corrected chi connectivity index (χ0v) is 14.1. The van der Waals surface area contributed by atoms with Crippen LogP contribution in [0.3, 0.4) is 0 Å². The molecule has 0 N–H and O–H groups in total. The zero-order valence-electron chi connectivity index (χ0n) is 13.3. The lowest BCUT2D eigenvalue weighted by Gasteiger charge is -2.18. The molecule has 0 saturated carbocycles. The summed E-state index contributed by atoms with van der Waals surface area (Å²) in [7, 11) is 0. The highest BCUT2D eigenvalue weighted by Gasteiger charge is 2.29. The lowest BCUT2D eigenvalue weighted by Crippen LogP contribution is -2.19. The fraction of sp³-hybridized carbons (Fsp3) is 0.278. The number of benzene rings is 1. The van der Waals surface area contributed by atoms with Crippen LogP contribution in [0.4, 0.5) is 5.69 Å². The van der Waals surface area contributed by atoms with E-state index in [2.05, 4.69) is 32.2 Å². The average Bonchev–Trinajstić information content (AvgIpc) is 3.27. The number of hydrogen-bond acceptors (Lipinski definition) is 5. The topological polar surface area (TPSA) is 55.1 Å². The Labute approximate surface area is 145 Å². The standard InChI is InChI=1S/C18H17ClN4O/c1-12-4-5-15(9-16(12)19)23-8-6-14(11-23)18-21-17(22-24-18)13-3-2-7-20-10-13/h2-5,7,9-10,14H,6,8,11H2,1H3. The number of anilines is 1. The molecule has 1 aliphatic rings. The van der Waals surface area contributed by atoms with Crippen molar-refractivity contribution in [3.05, 3.63) is 59.2 Å². The van der Waals surface area contributed by atoms with Gasteiger partial charge in [-0.2, -0.15) is 4.98 Å². The lowest BCUT2D eigenvalue weighted by molar-refractivity contribution is 0.360. The molecule has 122 valence electrons. The molecule has 1 atom stereocenters. The summed E-state index contributed by atoms with van der Waals surface area (Å²) >= 11 is 6.24. The van der Waals surface area contributed by atoms with Crippen LogP contribution < -0.4 is 4.90 Å². The van der Waals surface area contributed by atoms with Crippen LogP contribution in [0.15, 0.2) is 47.2 Å². The predicted molar refractivity (Wildman–Crippen MR) is 93.3 cm³/mol. The zero-order chi connectivity index (χ0) is 16.5. The third-order valence-electron chi connectivity index (χ3n) is 4.42. The second-order valence-corrected chi connectivity index (χ2v) is 6.47. The molecule has 6 heteroatoms. The Morgan fingerprint density at radius 2 is 2.21 bits per heavy atom. The molecule has 0 radical (unpaired) electrons. The van der Waals surface area contributed by atoms with Crippen LogP contribution in [0.1, 0.15) is 23.8 Å². The van der Waals surface area contributed by atoms with Crippen molar-refractivity contribution in [1.29, 1.82) is 0 Å². The molecule has 3 aromatic rings. The molecular formula is C18H17ClN4O. The summed E-state index contributed by atoms with van der Waals surface area (Å²) in [5, 5.41) is 4.89. The Morgan fingerprint density at radius 3 is 3.00 bits per heavy atom. The van der Waals surface area contributed by atoms with E-state index in [4.69, 9.17) is 16.1 Å². The number of aromatic nitrogens is 3. The van der Waals surface area contributed by atoms with E-state index in [1.54, 1.807) is 12.4 Å². The van der Waals surface area contributed by atoms with Gasteiger partial charge in [0.1, 0.15) is 0 Å². The number of pyridine rings is 1. The van der Waals surface area contributed by atoms with Crippen LogP contribution in [-0.4, -0.2) is 28.2 Å². The summed E-state index contributed by atoms with van der Waals surface area (Å²) in [6.07, 6.45) is 4.45. The van der Waals surface area contributed by atoms with Crippen molar-refractivity contribution >= 4 is 17.3 Å². The minimum absolute atomic E-state index is 0.239. The number of nitrogens with zero attached hydrogens (tertiary/aromatic N) is 4. The highest BCUT2D eigenvalue weighted by Crippen LogP contribution is 2.32. The maximum Gasteiger partial charge on any atom is 0.231 e. The lowest BCUT2D eigenvalue weighted by atomic mass is 10.1. The van der Waals surface area contributed by atoms with E-state index in [1.807, 2.05) is 25.1 Å². The van der Waals surface area contributed by atoms with E-state index >= 15 is 0 Å². The van der Waals surface area contributed by atoms with Gasteiger partial charge in [-0.05, 0) is 43.2 Å². The van der Waals surface area contributed by atoms with E-state index in [0.717, 1.165) is 41.3 Å². The molecule has 1 fully saturated rings. The summed E-state index contributed by atoms with van der Waals surface area (Å²) in [5.74, 6) is 1.52. The highest BCUT2D eigenvalue weighted by molar-refractivity contribution is 6.31. The fourth-order valence-electron chi connectivity index (χ4n) is 2.99. The van der Waals surface area contributed by atoms with Gasteiger partial charge in [0.15, 0.2) is 0 Å². The molecule has 4 rings (SSSR count). The Morgan fingerprint density at radius 1 is 1.29 bits per heavy atom. The second-order valence-electron chi connectivity index (χ2n) is 6.06. The summed E-state index contributed by atoms with van der Waals surface area (Å²) in [6, 6.07) is 9.98. The van der Waals surface area contributed by atoms with Crippen molar-refractivity contribution in [2.45, 2.75) is 19.3 Å². The molecule has 0 amide bonds. The molecule has 0 spiro atoms. The third kappa shape index (κ3) is 2.87. The molecule has 1 saturated heterocycles. The van der Waals surface area contributed by atoms with Gasteiger partial charge in [0.2, 0.25) is 11.7 Å². The third-order valence-corrected chi connectivity index (χ3v) is 4.83. The van der Waals surface area contributed by atoms with Gasteiger partial charge in [-0.25, -0.2) is 0 Å². The van der Waals surface area contributed by atoms with E-state index in [1.165, 1.54) is 0 Å². The molecule has 0 aliphatic carbocycles. The first kappa shape index (κ1) is 15.1. The second kappa shape index (κ2) is 6.24. The maximum absolute atomic E-state index is 6.24. The molecule has 24 heavy (non-hydrogen) atoms. The monoisotopic (exact) mass is 340 g/mol. The van der Waals surface area contributed by atoms with Crippen LogP contribution in [0, 0.1) is 6.92 Å². The predicted octanol–water partition coefficient (Wildman–Crippen LogP) is 4.09. The summed E-state index contributed by atoms with van der Waals surface area (Å²) in [5.41, 5.74) is 3.10. The number of rotatable bonds is 3. The van der Waals surface area contributed by atoms with Gasteiger partial charge in [0, 0.05) is 41.8 Å². The normalized spacial score (nSPS) is 17.4. The van der Waals surface area contributed by atoms with Crippen molar-refractivity contribution < 1.29 is 4.52 Å². The average molecular weight is 341 g/mol. The van der Waals surface area contributed by atoms with Crippen LogP contribution >= 0.6 is 11.6 Å². The van der Waals surface area contributed by atoms with Gasteiger partial charge in [0.25, 0.3) is 0 Å². The van der Waals surface area contributed by atoms with E-state index in [-0.39, 0.29) is 5.92 Å². The van der Waals surface area contributed by atoms with Gasteiger partial charge < -0.3 is 9.42 Å². The molecule has 0 bridgehead atoms. The minimum Gasteiger partial charge on any atom is -0.371 e. The maximum atomic E-state index is 6.24. The fourth-order valence-corrected chi connectivity index (χ4v) is 3.16. The first-order valence-corrected chi connectivity index (χ1v) is 8.33. The van der Waals surface area contributed by atoms with E-state index in [9.17, 15) is 0 Å². The van der Waals surface area contributed by atoms with Crippen LogP contribution in [0.5, 0.6) is 0 Å². The molecule has 1 aromatic carbocycles. The largest absolute Gasteiger partial charge is 0.371 e. The highest BCUT2D eigenvalue weighted by atomic mass is 35.5. The van der Waals surface area contributed by atoms with Crippen LogP contribution in [-0.2, 0) is 0 Å². The first-order chi connectivity index (χ1) is 11.7. The SMILES string of the molecule is Cc1ccc(N2CCC(c3nc(-c4cccnc4)no3)C2)cc1Cl. The smallest absolute Gasteiger partial charge is 0.231 e. The van der Waals surface area contributed by atoms with Crippen molar-refractivity contribution in [2.75, 3.05) is 18.0 Å². The minimum atomic E-state index is 0.239. The molecule has 5 nitrogen and oxygen atoms in total. The van der Waals surface area contributed by atoms with E-state index in [0.29, 0.717) is 11.7 Å². The van der Waals surface area contributed by atoms with Crippen molar-refractivity contribution in [1.82, 2.24) is 15.1 Å². The van der Waals surface area contributed by atoms with Gasteiger partial charge in [-0.1, -0.05) is 22.8 Å².